The Morgan fingerprint density at radius 3 is 0.789 bits per heavy atom. The molecule has 0 saturated carbocycles. The van der Waals surface area contributed by atoms with Gasteiger partial charge in [0.15, 0.2) is 0 Å². The third-order valence-corrected chi connectivity index (χ3v) is 20.1. The highest BCUT2D eigenvalue weighted by atomic mass is 16.5. The zero-order valence-electron chi connectivity index (χ0n) is 61.7. The van der Waals surface area contributed by atoms with Crippen LogP contribution in [0.4, 0.5) is 0 Å². The molecule has 2 unspecified atom stereocenters. The summed E-state index contributed by atoms with van der Waals surface area (Å²) in [6.07, 6.45) is 102. The number of aliphatic hydroxyl groups excluding tert-OH is 2. The van der Waals surface area contributed by atoms with Gasteiger partial charge in [0.1, 0.15) is 0 Å². The summed E-state index contributed by atoms with van der Waals surface area (Å²) in [4.78, 5) is 24.7. The van der Waals surface area contributed by atoms with Gasteiger partial charge in [-0.05, 0) is 51.4 Å². The first-order valence-electron chi connectivity index (χ1n) is 41.9. The highest BCUT2D eigenvalue weighted by Crippen LogP contribution is 2.21. The maximum absolute atomic E-state index is 12.6. The first-order chi connectivity index (χ1) is 44.5. The summed E-state index contributed by atoms with van der Waals surface area (Å²) in [7, 11) is 0. The van der Waals surface area contributed by atoms with Crippen LogP contribution in [0.25, 0.3) is 0 Å². The number of allylic oxidation sites excluding steroid dienone is 2. The van der Waals surface area contributed by atoms with Crippen LogP contribution >= 0.6 is 0 Å². The lowest BCUT2D eigenvalue weighted by atomic mass is 10.0. The topological polar surface area (TPSA) is 95.9 Å². The third-order valence-electron chi connectivity index (χ3n) is 20.1. The molecule has 90 heavy (non-hydrogen) atoms. The number of unbranched alkanes of at least 4 members (excludes halogenated alkanes) is 67. The zero-order chi connectivity index (χ0) is 64.9. The summed E-state index contributed by atoms with van der Waals surface area (Å²) >= 11 is 0. The van der Waals surface area contributed by atoms with Gasteiger partial charge in [-0.3, -0.25) is 9.59 Å². The van der Waals surface area contributed by atoms with Crippen LogP contribution in [-0.2, 0) is 14.3 Å². The molecule has 0 fully saturated rings. The Balaban J connectivity index is 3.29. The maximum atomic E-state index is 12.6. The lowest BCUT2D eigenvalue weighted by Gasteiger charge is -2.22. The third kappa shape index (κ3) is 75.6. The second kappa shape index (κ2) is 80.0. The number of aliphatic hydroxyl groups is 2. The molecule has 0 aromatic carbocycles. The molecule has 0 aromatic heterocycles. The second-order valence-corrected chi connectivity index (χ2v) is 29.2. The van der Waals surface area contributed by atoms with Crippen molar-refractivity contribution >= 4 is 11.9 Å². The molecule has 1 amide bonds. The molecule has 0 aromatic rings. The van der Waals surface area contributed by atoms with Crippen molar-refractivity contribution in [2.75, 3.05) is 13.2 Å². The van der Waals surface area contributed by atoms with E-state index in [2.05, 4.69) is 31.3 Å². The van der Waals surface area contributed by atoms with E-state index in [-0.39, 0.29) is 18.5 Å². The number of esters is 1. The Bertz CT molecular complexity index is 1370. The number of hydrogen-bond donors (Lipinski definition) is 3. The molecule has 0 saturated heterocycles. The first-order valence-corrected chi connectivity index (χ1v) is 41.9. The number of ether oxygens (including phenoxy) is 1. The van der Waals surface area contributed by atoms with Gasteiger partial charge in [0.2, 0.25) is 5.91 Å². The van der Waals surface area contributed by atoms with Crippen molar-refractivity contribution in [3.8, 4) is 0 Å². The van der Waals surface area contributed by atoms with Crippen molar-refractivity contribution in [2.45, 2.75) is 501 Å². The molecule has 6 heteroatoms. The van der Waals surface area contributed by atoms with E-state index in [1.807, 2.05) is 0 Å². The van der Waals surface area contributed by atoms with Crippen LogP contribution in [0.3, 0.4) is 0 Å². The van der Waals surface area contributed by atoms with Gasteiger partial charge in [0, 0.05) is 12.8 Å². The van der Waals surface area contributed by atoms with E-state index in [0.717, 1.165) is 38.5 Å². The lowest BCUT2D eigenvalue weighted by molar-refractivity contribution is -0.143. The Hall–Kier alpha value is -1.40. The molecule has 0 heterocycles. The minimum atomic E-state index is -0.660. The summed E-state index contributed by atoms with van der Waals surface area (Å²) in [6, 6.07) is -0.537. The molecule has 0 aliphatic carbocycles. The Kier molecular flexibility index (Phi) is 78.8. The summed E-state index contributed by atoms with van der Waals surface area (Å²) < 4.78 is 5.51. The smallest absolute Gasteiger partial charge is 0.305 e. The van der Waals surface area contributed by atoms with Gasteiger partial charge in [-0.2, -0.15) is 0 Å². The van der Waals surface area contributed by atoms with Gasteiger partial charge >= 0.3 is 5.97 Å². The average Bonchev–Trinajstić information content (AvgIpc) is 3.58. The number of amides is 1. The van der Waals surface area contributed by atoms with Gasteiger partial charge in [0.25, 0.3) is 0 Å². The van der Waals surface area contributed by atoms with Crippen LogP contribution in [0.15, 0.2) is 12.2 Å². The number of carbonyl (C=O) groups is 2. The van der Waals surface area contributed by atoms with E-state index in [9.17, 15) is 19.8 Å². The quantitative estimate of drug-likeness (QED) is 0.0320. The first kappa shape index (κ1) is 88.6. The number of rotatable bonds is 80. The van der Waals surface area contributed by atoms with Crippen LogP contribution in [0.1, 0.15) is 489 Å². The van der Waals surface area contributed by atoms with Gasteiger partial charge in [-0.25, -0.2) is 0 Å². The molecular weight excluding hydrogens is 1100 g/mol. The van der Waals surface area contributed by atoms with E-state index in [0.29, 0.717) is 25.9 Å². The highest BCUT2D eigenvalue weighted by Gasteiger charge is 2.20. The van der Waals surface area contributed by atoms with Crippen molar-refractivity contribution in [1.29, 1.82) is 0 Å². The van der Waals surface area contributed by atoms with Crippen LogP contribution in [-0.4, -0.2) is 47.4 Å². The molecule has 0 spiro atoms. The summed E-state index contributed by atoms with van der Waals surface area (Å²) in [5.41, 5.74) is 0. The monoisotopic (exact) mass is 1270 g/mol. The fraction of sp³-hybridized carbons (Fsp3) is 0.952. The molecule has 0 rings (SSSR count). The SMILES string of the molecule is CCCCCCCC/C=C\CCCCCCCCCC(=O)OCCCCCCCCCCCCCCCCCCCCCCCCCCCCCCCCCCCCCCCC(=O)NC(CO)C(O)CCCCCCCCCCCCCCCCCCCCC. The molecule has 536 valence electrons. The fourth-order valence-corrected chi connectivity index (χ4v) is 13.7. The average molecular weight is 1270 g/mol. The van der Waals surface area contributed by atoms with Crippen LogP contribution in [0.2, 0.25) is 0 Å². The molecular formula is C84H165NO5. The Morgan fingerprint density at radius 1 is 0.300 bits per heavy atom. The molecule has 0 radical (unpaired) electrons. The number of hydrogen-bond acceptors (Lipinski definition) is 5. The van der Waals surface area contributed by atoms with Crippen molar-refractivity contribution in [2.24, 2.45) is 0 Å². The van der Waals surface area contributed by atoms with E-state index in [1.165, 1.54) is 417 Å². The van der Waals surface area contributed by atoms with E-state index < -0.39 is 12.1 Å². The van der Waals surface area contributed by atoms with Gasteiger partial charge in [-0.15, -0.1) is 0 Å². The standard InChI is InChI=1S/C84H165NO5/c1-3-5-7-9-11-13-15-17-19-21-41-45-48-52-56-60-64-68-72-76-82(87)81(80-86)85-83(88)77-73-69-65-61-57-53-49-46-42-39-37-35-33-31-29-27-25-23-22-24-26-28-30-32-34-36-38-40-43-47-51-55-59-63-67-71-75-79-90-84(89)78-74-70-66-62-58-54-50-44-20-18-16-14-12-10-8-6-4-2/h18,20,81-82,86-87H,3-17,19,21-80H2,1-2H3,(H,85,88)/b20-18-. The summed E-state index contributed by atoms with van der Waals surface area (Å²) in [6.45, 7) is 5.01. The minimum absolute atomic E-state index is 0.0213. The second-order valence-electron chi connectivity index (χ2n) is 29.2. The van der Waals surface area contributed by atoms with Gasteiger partial charge in [0.05, 0.1) is 25.4 Å². The predicted octanol–water partition coefficient (Wildman–Crippen LogP) is 27.8. The van der Waals surface area contributed by atoms with Crippen LogP contribution in [0, 0.1) is 0 Å². The van der Waals surface area contributed by atoms with Crippen molar-refractivity contribution in [3.63, 3.8) is 0 Å². The van der Waals surface area contributed by atoms with Crippen LogP contribution < -0.4 is 5.32 Å². The fourth-order valence-electron chi connectivity index (χ4n) is 13.7. The molecule has 0 aliphatic rings. The van der Waals surface area contributed by atoms with Gasteiger partial charge in [-0.1, -0.05) is 437 Å². The van der Waals surface area contributed by atoms with Crippen molar-refractivity contribution < 1.29 is 24.5 Å². The highest BCUT2D eigenvalue weighted by molar-refractivity contribution is 5.76. The minimum Gasteiger partial charge on any atom is -0.466 e. The Morgan fingerprint density at radius 2 is 0.522 bits per heavy atom. The largest absolute Gasteiger partial charge is 0.466 e. The van der Waals surface area contributed by atoms with Crippen LogP contribution in [0.5, 0.6) is 0 Å². The van der Waals surface area contributed by atoms with E-state index >= 15 is 0 Å². The molecule has 0 bridgehead atoms. The molecule has 0 aliphatic heterocycles. The normalized spacial score (nSPS) is 12.4. The summed E-state index contributed by atoms with van der Waals surface area (Å²) in [5, 5.41) is 23.4. The van der Waals surface area contributed by atoms with Crippen molar-refractivity contribution in [3.05, 3.63) is 12.2 Å². The van der Waals surface area contributed by atoms with Crippen molar-refractivity contribution in [1.82, 2.24) is 5.32 Å². The zero-order valence-corrected chi connectivity index (χ0v) is 61.7. The van der Waals surface area contributed by atoms with Gasteiger partial charge < -0.3 is 20.3 Å². The predicted molar refractivity (Wildman–Crippen MR) is 398 cm³/mol. The maximum Gasteiger partial charge on any atom is 0.305 e. The molecule has 6 nitrogen and oxygen atoms in total. The molecule has 2 atom stereocenters. The van der Waals surface area contributed by atoms with E-state index in [4.69, 9.17) is 4.74 Å². The number of carbonyl (C=O) groups excluding carboxylic acids is 2. The Labute approximate surface area is 565 Å². The number of nitrogens with one attached hydrogen (secondary N) is 1. The summed E-state index contributed by atoms with van der Waals surface area (Å²) in [5.74, 6) is -0.00237. The molecule has 3 N–H and O–H groups in total. The van der Waals surface area contributed by atoms with E-state index in [1.54, 1.807) is 0 Å². The lowest BCUT2D eigenvalue weighted by Crippen LogP contribution is -2.45.